The zero-order chi connectivity index (χ0) is 15.4. The Balaban J connectivity index is 2.15. The van der Waals surface area contributed by atoms with Gasteiger partial charge in [-0.2, -0.15) is 0 Å². The lowest BCUT2D eigenvalue weighted by Crippen LogP contribution is -2.44. The van der Waals surface area contributed by atoms with Crippen LogP contribution in [0.25, 0.3) is 0 Å². The molecule has 2 rings (SSSR count). The summed E-state index contributed by atoms with van der Waals surface area (Å²) in [5.41, 5.74) is 2.48. The number of nitrogens with zero attached hydrogens (tertiary/aromatic N) is 3. The Labute approximate surface area is 127 Å². The molecule has 1 N–H and O–H groups in total. The Morgan fingerprint density at radius 1 is 1.48 bits per heavy atom. The number of rotatable bonds is 4. The highest BCUT2D eigenvalue weighted by molar-refractivity contribution is 5.99. The van der Waals surface area contributed by atoms with Crippen molar-refractivity contribution < 1.29 is 4.79 Å². The SMILES string of the molecule is CCNc1cc(C)ncc1C(=O)N(C)C1CCN(C)CC1. The van der Waals surface area contributed by atoms with Crippen molar-refractivity contribution in [2.24, 2.45) is 0 Å². The van der Waals surface area contributed by atoms with E-state index in [-0.39, 0.29) is 5.91 Å². The highest BCUT2D eigenvalue weighted by atomic mass is 16.2. The van der Waals surface area contributed by atoms with E-state index in [0.29, 0.717) is 11.6 Å². The van der Waals surface area contributed by atoms with Gasteiger partial charge in [-0.05, 0) is 52.9 Å². The largest absolute Gasteiger partial charge is 0.385 e. The highest BCUT2D eigenvalue weighted by Gasteiger charge is 2.26. The number of piperidine rings is 1. The average Bonchev–Trinajstić information content (AvgIpc) is 2.47. The molecule has 1 amide bonds. The summed E-state index contributed by atoms with van der Waals surface area (Å²) in [6.45, 7) is 6.87. The minimum atomic E-state index is 0.0630. The van der Waals surface area contributed by atoms with Crippen molar-refractivity contribution in [2.75, 3.05) is 39.0 Å². The van der Waals surface area contributed by atoms with Gasteiger partial charge in [0.15, 0.2) is 0 Å². The van der Waals surface area contributed by atoms with Crippen LogP contribution in [0.15, 0.2) is 12.3 Å². The smallest absolute Gasteiger partial charge is 0.257 e. The number of aromatic nitrogens is 1. The third-order valence-corrected chi connectivity index (χ3v) is 4.19. The molecule has 1 aliphatic heterocycles. The van der Waals surface area contributed by atoms with Gasteiger partial charge >= 0.3 is 0 Å². The molecule has 2 heterocycles. The summed E-state index contributed by atoms with van der Waals surface area (Å²) in [5, 5.41) is 3.27. The molecule has 116 valence electrons. The van der Waals surface area contributed by atoms with Crippen molar-refractivity contribution in [3.05, 3.63) is 23.5 Å². The van der Waals surface area contributed by atoms with E-state index < -0.39 is 0 Å². The van der Waals surface area contributed by atoms with Crippen molar-refractivity contribution >= 4 is 11.6 Å². The van der Waals surface area contributed by atoms with E-state index in [9.17, 15) is 4.79 Å². The summed E-state index contributed by atoms with van der Waals surface area (Å²) in [6.07, 6.45) is 3.77. The Morgan fingerprint density at radius 3 is 2.76 bits per heavy atom. The van der Waals surface area contributed by atoms with E-state index >= 15 is 0 Å². The van der Waals surface area contributed by atoms with Gasteiger partial charge in [-0.15, -0.1) is 0 Å². The monoisotopic (exact) mass is 290 g/mol. The number of aryl methyl sites for hydroxylation is 1. The van der Waals surface area contributed by atoms with Crippen LogP contribution in [-0.4, -0.2) is 60.5 Å². The first-order valence-electron chi connectivity index (χ1n) is 7.69. The predicted molar refractivity (Wildman–Crippen MR) is 85.8 cm³/mol. The van der Waals surface area contributed by atoms with Crippen molar-refractivity contribution in [3.63, 3.8) is 0 Å². The van der Waals surface area contributed by atoms with E-state index in [2.05, 4.69) is 22.2 Å². The Hall–Kier alpha value is -1.62. The molecule has 0 atom stereocenters. The molecule has 0 spiro atoms. The Morgan fingerprint density at radius 2 is 2.14 bits per heavy atom. The van der Waals surface area contributed by atoms with Crippen LogP contribution in [0.2, 0.25) is 0 Å². The molecule has 5 heteroatoms. The number of anilines is 1. The van der Waals surface area contributed by atoms with Crippen LogP contribution in [0, 0.1) is 6.92 Å². The van der Waals surface area contributed by atoms with Gasteiger partial charge < -0.3 is 15.1 Å². The fraction of sp³-hybridized carbons (Fsp3) is 0.625. The number of nitrogens with one attached hydrogen (secondary N) is 1. The summed E-state index contributed by atoms with van der Waals surface area (Å²) in [6, 6.07) is 2.27. The van der Waals surface area contributed by atoms with Crippen molar-refractivity contribution in [3.8, 4) is 0 Å². The second-order valence-electron chi connectivity index (χ2n) is 5.85. The molecule has 0 unspecified atom stereocenters. The van der Waals surface area contributed by atoms with Crippen LogP contribution in [-0.2, 0) is 0 Å². The van der Waals surface area contributed by atoms with Gasteiger partial charge in [0.25, 0.3) is 5.91 Å². The fourth-order valence-corrected chi connectivity index (χ4v) is 2.81. The van der Waals surface area contributed by atoms with Gasteiger partial charge in [-0.25, -0.2) is 0 Å². The van der Waals surface area contributed by atoms with Crippen LogP contribution >= 0.6 is 0 Å². The number of carbonyl (C=O) groups excluding carboxylic acids is 1. The molecule has 0 aliphatic carbocycles. The number of likely N-dealkylation sites (tertiary alicyclic amines) is 1. The molecule has 0 saturated carbocycles. The van der Waals surface area contributed by atoms with Gasteiger partial charge in [-0.1, -0.05) is 0 Å². The molecule has 1 aromatic heterocycles. The van der Waals surface area contributed by atoms with Gasteiger partial charge in [0.1, 0.15) is 0 Å². The lowest BCUT2D eigenvalue weighted by Gasteiger charge is -2.35. The van der Waals surface area contributed by atoms with E-state index in [1.54, 1.807) is 6.20 Å². The molecule has 1 fully saturated rings. The Bertz CT molecular complexity index is 495. The normalized spacial score (nSPS) is 16.8. The molecular weight excluding hydrogens is 264 g/mol. The minimum Gasteiger partial charge on any atom is -0.385 e. The van der Waals surface area contributed by atoms with Crippen molar-refractivity contribution in [1.82, 2.24) is 14.8 Å². The number of pyridine rings is 1. The summed E-state index contributed by atoms with van der Waals surface area (Å²) >= 11 is 0. The highest BCUT2D eigenvalue weighted by Crippen LogP contribution is 2.21. The first-order chi connectivity index (χ1) is 10.0. The van der Waals surface area contributed by atoms with E-state index in [1.165, 1.54) is 0 Å². The second kappa shape index (κ2) is 6.89. The quantitative estimate of drug-likeness (QED) is 0.921. The lowest BCUT2D eigenvalue weighted by molar-refractivity contribution is 0.0660. The molecule has 0 bridgehead atoms. The minimum absolute atomic E-state index is 0.0630. The number of amides is 1. The summed E-state index contributed by atoms with van der Waals surface area (Å²) in [7, 11) is 4.04. The third-order valence-electron chi connectivity index (χ3n) is 4.19. The maximum atomic E-state index is 12.8. The molecule has 5 nitrogen and oxygen atoms in total. The van der Waals surface area contributed by atoms with Crippen molar-refractivity contribution in [2.45, 2.75) is 32.7 Å². The molecule has 0 aromatic carbocycles. The first-order valence-corrected chi connectivity index (χ1v) is 7.69. The van der Waals surface area contributed by atoms with Gasteiger partial charge in [-0.3, -0.25) is 9.78 Å². The topological polar surface area (TPSA) is 48.5 Å². The maximum Gasteiger partial charge on any atom is 0.257 e. The van der Waals surface area contributed by atoms with Gasteiger partial charge in [0.2, 0.25) is 0 Å². The lowest BCUT2D eigenvalue weighted by atomic mass is 10.0. The average molecular weight is 290 g/mol. The van der Waals surface area contributed by atoms with Crippen LogP contribution < -0.4 is 5.32 Å². The van der Waals surface area contributed by atoms with E-state index in [4.69, 9.17) is 0 Å². The fourth-order valence-electron chi connectivity index (χ4n) is 2.81. The summed E-state index contributed by atoms with van der Waals surface area (Å²) in [5.74, 6) is 0.0630. The Kier molecular flexibility index (Phi) is 5.17. The number of hydrogen-bond donors (Lipinski definition) is 1. The summed E-state index contributed by atoms with van der Waals surface area (Å²) < 4.78 is 0. The molecule has 1 aliphatic rings. The van der Waals surface area contributed by atoms with E-state index in [1.807, 2.05) is 31.9 Å². The first kappa shape index (κ1) is 15.8. The van der Waals surface area contributed by atoms with Crippen LogP contribution in [0.3, 0.4) is 0 Å². The third kappa shape index (κ3) is 3.73. The zero-order valence-corrected chi connectivity index (χ0v) is 13.5. The molecule has 21 heavy (non-hydrogen) atoms. The second-order valence-corrected chi connectivity index (χ2v) is 5.85. The molecule has 0 radical (unpaired) electrons. The number of carbonyl (C=O) groups is 1. The van der Waals surface area contributed by atoms with Crippen LogP contribution in [0.5, 0.6) is 0 Å². The summed E-state index contributed by atoms with van der Waals surface area (Å²) in [4.78, 5) is 21.3. The number of hydrogen-bond acceptors (Lipinski definition) is 4. The molecule has 1 saturated heterocycles. The standard InChI is InChI=1S/C16H26N4O/c1-5-17-15-10-12(2)18-11-14(15)16(21)20(4)13-6-8-19(3)9-7-13/h10-11,13H,5-9H2,1-4H3,(H,17,18). The maximum absolute atomic E-state index is 12.8. The van der Waals surface area contributed by atoms with Crippen LogP contribution in [0.1, 0.15) is 35.8 Å². The zero-order valence-electron chi connectivity index (χ0n) is 13.5. The molecular formula is C16H26N4O. The van der Waals surface area contributed by atoms with Crippen LogP contribution in [0.4, 0.5) is 5.69 Å². The van der Waals surface area contributed by atoms with E-state index in [0.717, 1.165) is 43.9 Å². The van der Waals surface area contributed by atoms with Gasteiger partial charge in [0.05, 0.1) is 11.3 Å². The molecule has 1 aromatic rings. The van der Waals surface area contributed by atoms with Gasteiger partial charge in [0, 0.05) is 31.5 Å². The predicted octanol–water partition coefficient (Wildman–Crippen LogP) is 1.99. The van der Waals surface area contributed by atoms with Crippen molar-refractivity contribution in [1.29, 1.82) is 0 Å².